The molecule has 2 heterocycles. The van der Waals surface area contributed by atoms with Crippen LogP contribution in [0.15, 0.2) is 4.79 Å². The molecule has 2 rings (SSSR count). The predicted molar refractivity (Wildman–Crippen MR) is 61.9 cm³/mol. The van der Waals surface area contributed by atoms with Crippen molar-refractivity contribution in [3.63, 3.8) is 0 Å². The number of aromatic amines is 1. The topological polar surface area (TPSA) is 75.2 Å². The molecule has 0 aliphatic carbocycles. The molecule has 1 aromatic rings. The molecule has 1 atom stereocenters. The number of H-pyrrole nitrogens is 1. The van der Waals surface area contributed by atoms with Crippen LogP contribution in [0.4, 0.5) is 0 Å². The molecular weight excluding hydrogens is 311 g/mol. The maximum absolute atomic E-state index is 11.3. The van der Waals surface area contributed by atoms with E-state index >= 15 is 0 Å². The highest BCUT2D eigenvalue weighted by Gasteiger charge is 2.18. The zero-order valence-corrected chi connectivity index (χ0v) is 10.2. The molecule has 6 heteroatoms. The normalized spacial score (nSPS) is 20.7. The Hall–Kier alpha value is -0.630. The molecule has 15 heavy (non-hydrogen) atoms. The summed E-state index contributed by atoms with van der Waals surface area (Å²) in [7, 11) is 0. The molecular formula is C9H11IN2O3. The van der Waals surface area contributed by atoms with Gasteiger partial charge in [0.1, 0.15) is 9.39 Å². The molecule has 1 aliphatic heterocycles. The number of hydrogen-bond donors (Lipinski definition) is 2. The maximum Gasteiger partial charge on any atom is 0.268 e. The second-order valence-corrected chi connectivity index (χ2v) is 4.66. The minimum Gasteiger partial charge on any atom is -0.492 e. The van der Waals surface area contributed by atoms with E-state index in [1.54, 1.807) is 22.6 Å². The molecule has 0 amide bonds. The van der Waals surface area contributed by atoms with Gasteiger partial charge in [0.05, 0.1) is 0 Å². The first-order chi connectivity index (χ1) is 7.16. The van der Waals surface area contributed by atoms with Gasteiger partial charge in [0.15, 0.2) is 0 Å². The van der Waals surface area contributed by atoms with Gasteiger partial charge in [0, 0.05) is 19.6 Å². The van der Waals surface area contributed by atoms with Crippen LogP contribution in [0.2, 0.25) is 0 Å². The molecule has 5 nitrogen and oxygen atoms in total. The largest absolute Gasteiger partial charge is 0.492 e. The molecule has 1 saturated heterocycles. The van der Waals surface area contributed by atoms with Crippen LogP contribution in [-0.2, 0) is 11.2 Å². The molecule has 1 unspecified atom stereocenters. The SMILES string of the molecule is O=c1[nH]c(CC2CCOC2)nc(O)c1I. The molecule has 82 valence electrons. The van der Waals surface area contributed by atoms with E-state index in [9.17, 15) is 9.90 Å². The summed E-state index contributed by atoms with van der Waals surface area (Å²) in [5.41, 5.74) is -0.281. The number of ether oxygens (including phenoxy) is 1. The molecule has 1 aromatic heterocycles. The van der Waals surface area contributed by atoms with Crippen LogP contribution >= 0.6 is 22.6 Å². The van der Waals surface area contributed by atoms with E-state index in [1.807, 2.05) is 0 Å². The summed E-state index contributed by atoms with van der Waals surface area (Å²) in [4.78, 5) is 17.9. The number of rotatable bonds is 2. The van der Waals surface area contributed by atoms with Gasteiger partial charge in [-0.2, -0.15) is 4.98 Å². The van der Waals surface area contributed by atoms with E-state index in [4.69, 9.17) is 4.74 Å². The Labute approximate surface area is 100 Å². The van der Waals surface area contributed by atoms with Crippen LogP contribution < -0.4 is 5.56 Å². The van der Waals surface area contributed by atoms with Crippen LogP contribution in [0.1, 0.15) is 12.2 Å². The van der Waals surface area contributed by atoms with Gasteiger partial charge in [-0.25, -0.2) is 0 Å². The lowest BCUT2D eigenvalue weighted by atomic mass is 10.1. The Morgan fingerprint density at radius 3 is 3.07 bits per heavy atom. The Morgan fingerprint density at radius 1 is 1.67 bits per heavy atom. The first-order valence-corrected chi connectivity index (χ1v) is 5.80. The van der Waals surface area contributed by atoms with Crippen molar-refractivity contribution in [1.82, 2.24) is 9.97 Å². The minimum absolute atomic E-state index is 0.187. The summed E-state index contributed by atoms with van der Waals surface area (Å²) < 4.78 is 5.46. The predicted octanol–water partition coefficient (Wildman–Crippen LogP) is 0.659. The average molecular weight is 322 g/mol. The molecule has 0 aromatic carbocycles. The van der Waals surface area contributed by atoms with Gasteiger partial charge in [-0.3, -0.25) is 4.79 Å². The number of nitrogens with one attached hydrogen (secondary N) is 1. The molecule has 0 spiro atoms. The van der Waals surface area contributed by atoms with Crippen LogP contribution in [0, 0.1) is 9.49 Å². The van der Waals surface area contributed by atoms with Crippen molar-refractivity contribution in [2.24, 2.45) is 5.92 Å². The Kier molecular flexibility index (Phi) is 3.25. The zero-order valence-electron chi connectivity index (χ0n) is 7.99. The van der Waals surface area contributed by atoms with Gasteiger partial charge in [-0.1, -0.05) is 0 Å². The van der Waals surface area contributed by atoms with Gasteiger partial charge < -0.3 is 14.8 Å². The Morgan fingerprint density at radius 2 is 2.47 bits per heavy atom. The van der Waals surface area contributed by atoms with E-state index in [-0.39, 0.29) is 15.0 Å². The number of hydrogen-bond acceptors (Lipinski definition) is 4. The van der Waals surface area contributed by atoms with Gasteiger partial charge in [0.25, 0.3) is 5.56 Å². The van der Waals surface area contributed by atoms with Crippen molar-refractivity contribution in [2.75, 3.05) is 13.2 Å². The van der Waals surface area contributed by atoms with Gasteiger partial charge in [0.2, 0.25) is 5.88 Å². The van der Waals surface area contributed by atoms with E-state index in [1.165, 1.54) is 0 Å². The van der Waals surface area contributed by atoms with Crippen molar-refractivity contribution < 1.29 is 9.84 Å². The quantitative estimate of drug-likeness (QED) is 0.785. The van der Waals surface area contributed by atoms with E-state index in [0.29, 0.717) is 24.8 Å². The maximum atomic E-state index is 11.3. The third-order valence-electron chi connectivity index (χ3n) is 2.40. The minimum atomic E-state index is -0.281. The average Bonchev–Trinajstić information content (AvgIpc) is 2.66. The smallest absolute Gasteiger partial charge is 0.268 e. The second-order valence-electron chi connectivity index (χ2n) is 3.58. The number of aromatic nitrogens is 2. The molecule has 0 bridgehead atoms. The first kappa shape index (κ1) is 10.9. The Balaban J connectivity index is 2.18. The molecule has 1 aliphatic rings. The molecule has 1 fully saturated rings. The summed E-state index contributed by atoms with van der Waals surface area (Å²) in [6, 6.07) is 0. The molecule has 0 radical (unpaired) electrons. The van der Waals surface area contributed by atoms with Crippen molar-refractivity contribution in [3.05, 3.63) is 19.7 Å². The third kappa shape index (κ3) is 2.49. The van der Waals surface area contributed by atoms with Gasteiger partial charge in [-0.15, -0.1) is 0 Å². The van der Waals surface area contributed by atoms with Crippen LogP contribution in [-0.4, -0.2) is 28.3 Å². The summed E-state index contributed by atoms with van der Waals surface area (Å²) in [6.45, 7) is 1.47. The highest BCUT2D eigenvalue weighted by atomic mass is 127. The van der Waals surface area contributed by atoms with Crippen molar-refractivity contribution in [3.8, 4) is 5.88 Å². The van der Waals surface area contributed by atoms with Crippen molar-refractivity contribution in [1.29, 1.82) is 0 Å². The van der Waals surface area contributed by atoms with Crippen molar-refractivity contribution in [2.45, 2.75) is 12.8 Å². The fraction of sp³-hybridized carbons (Fsp3) is 0.556. The second kappa shape index (κ2) is 4.48. The fourth-order valence-electron chi connectivity index (χ4n) is 1.61. The Bertz CT molecular complexity index is 412. The molecule has 2 N–H and O–H groups in total. The third-order valence-corrected chi connectivity index (χ3v) is 3.37. The highest BCUT2D eigenvalue weighted by molar-refractivity contribution is 14.1. The van der Waals surface area contributed by atoms with Crippen LogP contribution in [0.5, 0.6) is 5.88 Å². The lowest BCUT2D eigenvalue weighted by Crippen LogP contribution is -2.17. The number of halogens is 1. The standard InChI is InChI=1S/C9H11IN2O3/c10-7-8(13)11-6(12-9(7)14)3-5-1-2-15-4-5/h5H,1-4H2,(H2,11,12,13,14). The van der Waals surface area contributed by atoms with Gasteiger partial charge in [-0.05, 0) is 34.9 Å². The lowest BCUT2D eigenvalue weighted by Gasteiger charge is -2.06. The van der Waals surface area contributed by atoms with Crippen LogP contribution in [0.3, 0.4) is 0 Å². The number of nitrogens with zero attached hydrogens (tertiary/aromatic N) is 1. The monoisotopic (exact) mass is 322 g/mol. The summed E-state index contributed by atoms with van der Waals surface area (Å²) in [6.07, 6.45) is 1.64. The van der Waals surface area contributed by atoms with Crippen LogP contribution in [0.25, 0.3) is 0 Å². The summed E-state index contributed by atoms with van der Waals surface area (Å²) in [5.74, 6) is 0.745. The fourth-order valence-corrected chi connectivity index (χ4v) is 1.86. The number of aromatic hydroxyl groups is 1. The van der Waals surface area contributed by atoms with Gasteiger partial charge >= 0.3 is 0 Å². The van der Waals surface area contributed by atoms with Crippen molar-refractivity contribution >= 4 is 22.6 Å². The summed E-state index contributed by atoms with van der Waals surface area (Å²) in [5, 5.41) is 9.38. The van der Waals surface area contributed by atoms with E-state index in [0.717, 1.165) is 13.0 Å². The summed E-state index contributed by atoms with van der Waals surface area (Å²) >= 11 is 1.77. The van der Waals surface area contributed by atoms with E-state index in [2.05, 4.69) is 9.97 Å². The molecule has 0 saturated carbocycles. The lowest BCUT2D eigenvalue weighted by molar-refractivity contribution is 0.185. The highest BCUT2D eigenvalue weighted by Crippen LogP contribution is 2.17. The zero-order chi connectivity index (χ0) is 10.8. The first-order valence-electron chi connectivity index (χ1n) is 4.72. The van der Waals surface area contributed by atoms with E-state index < -0.39 is 0 Å².